The summed E-state index contributed by atoms with van der Waals surface area (Å²) in [5.41, 5.74) is 0. The van der Waals surface area contributed by atoms with Gasteiger partial charge in [-0.3, -0.25) is 9.79 Å². The summed E-state index contributed by atoms with van der Waals surface area (Å²) in [5, 5.41) is 1.45. The quantitative estimate of drug-likeness (QED) is 0.397. The standard InChI is InChI=1S/C11H21N3O2/c1-9(12-2)14-7-5-10(6-8-14)11(15)16-13(3)4/h10H,5-8H2,1-4H3. The number of amidine groups is 1. The maximum Gasteiger partial charge on any atom is 0.328 e. The van der Waals surface area contributed by atoms with Crippen molar-refractivity contribution < 1.29 is 9.63 Å². The Balaban J connectivity index is 2.40. The second-order valence-corrected chi connectivity index (χ2v) is 4.25. The number of carbonyl (C=O) groups is 1. The Morgan fingerprint density at radius 3 is 2.38 bits per heavy atom. The van der Waals surface area contributed by atoms with Crippen LogP contribution in [0.1, 0.15) is 19.8 Å². The molecule has 16 heavy (non-hydrogen) atoms. The lowest BCUT2D eigenvalue weighted by atomic mass is 9.97. The van der Waals surface area contributed by atoms with Crippen LogP contribution >= 0.6 is 0 Å². The summed E-state index contributed by atoms with van der Waals surface area (Å²) in [5.74, 6) is 0.957. The fraction of sp³-hybridized carbons (Fsp3) is 0.818. The molecule has 0 amide bonds. The van der Waals surface area contributed by atoms with Crippen LogP contribution in [0.3, 0.4) is 0 Å². The number of nitrogens with zero attached hydrogens (tertiary/aromatic N) is 3. The number of aliphatic imine (C=N–C) groups is 1. The van der Waals surface area contributed by atoms with E-state index in [-0.39, 0.29) is 11.9 Å². The van der Waals surface area contributed by atoms with Gasteiger partial charge in [0.25, 0.3) is 0 Å². The molecule has 5 heteroatoms. The van der Waals surface area contributed by atoms with Gasteiger partial charge in [-0.1, -0.05) is 0 Å². The van der Waals surface area contributed by atoms with Crippen LogP contribution in [-0.2, 0) is 9.63 Å². The Morgan fingerprint density at radius 1 is 1.38 bits per heavy atom. The molecule has 0 unspecified atom stereocenters. The maximum atomic E-state index is 11.6. The summed E-state index contributed by atoms with van der Waals surface area (Å²) in [6.07, 6.45) is 1.69. The normalized spacial score (nSPS) is 19.1. The van der Waals surface area contributed by atoms with E-state index in [2.05, 4.69) is 9.89 Å². The fourth-order valence-corrected chi connectivity index (χ4v) is 1.83. The molecule has 0 bridgehead atoms. The van der Waals surface area contributed by atoms with E-state index in [1.165, 1.54) is 5.06 Å². The number of likely N-dealkylation sites (tertiary alicyclic amines) is 1. The second kappa shape index (κ2) is 5.84. The second-order valence-electron chi connectivity index (χ2n) is 4.25. The lowest BCUT2D eigenvalue weighted by Gasteiger charge is -2.32. The summed E-state index contributed by atoms with van der Waals surface area (Å²) in [4.78, 5) is 23.1. The van der Waals surface area contributed by atoms with E-state index in [4.69, 9.17) is 4.84 Å². The molecule has 1 heterocycles. The van der Waals surface area contributed by atoms with Crippen LogP contribution in [0.2, 0.25) is 0 Å². The van der Waals surface area contributed by atoms with Crippen molar-refractivity contribution in [1.82, 2.24) is 9.96 Å². The van der Waals surface area contributed by atoms with Crippen molar-refractivity contribution in [3.63, 3.8) is 0 Å². The van der Waals surface area contributed by atoms with Gasteiger partial charge in [-0.15, -0.1) is 5.06 Å². The molecule has 1 aliphatic rings. The highest BCUT2D eigenvalue weighted by Gasteiger charge is 2.27. The minimum absolute atomic E-state index is 0.0308. The largest absolute Gasteiger partial charge is 0.368 e. The van der Waals surface area contributed by atoms with Gasteiger partial charge in [-0.05, 0) is 19.8 Å². The van der Waals surface area contributed by atoms with Crippen molar-refractivity contribution in [2.24, 2.45) is 10.9 Å². The molecule has 0 spiro atoms. The summed E-state index contributed by atoms with van der Waals surface area (Å²) in [6.45, 7) is 3.77. The van der Waals surface area contributed by atoms with Gasteiger partial charge >= 0.3 is 5.97 Å². The fourth-order valence-electron chi connectivity index (χ4n) is 1.83. The number of piperidine rings is 1. The Bertz CT molecular complexity index is 268. The number of hydrogen-bond donors (Lipinski definition) is 0. The first kappa shape index (κ1) is 13.0. The molecule has 1 rings (SSSR count). The molecule has 0 radical (unpaired) electrons. The maximum absolute atomic E-state index is 11.6. The molecule has 0 N–H and O–H groups in total. The lowest BCUT2D eigenvalue weighted by Crippen LogP contribution is -2.40. The highest BCUT2D eigenvalue weighted by molar-refractivity contribution is 5.80. The first-order valence-corrected chi connectivity index (χ1v) is 5.62. The molecule has 0 atom stereocenters. The zero-order valence-electron chi connectivity index (χ0n) is 10.6. The van der Waals surface area contributed by atoms with Crippen LogP contribution in [0.4, 0.5) is 0 Å². The van der Waals surface area contributed by atoms with E-state index >= 15 is 0 Å². The molecular formula is C11H21N3O2. The topological polar surface area (TPSA) is 45.1 Å². The van der Waals surface area contributed by atoms with Crippen LogP contribution in [0.15, 0.2) is 4.99 Å². The van der Waals surface area contributed by atoms with E-state index < -0.39 is 0 Å². The molecule has 1 fully saturated rings. The summed E-state index contributed by atoms with van der Waals surface area (Å²) in [7, 11) is 5.24. The van der Waals surface area contributed by atoms with E-state index in [0.717, 1.165) is 31.8 Å². The van der Waals surface area contributed by atoms with Crippen molar-refractivity contribution in [2.75, 3.05) is 34.2 Å². The van der Waals surface area contributed by atoms with Gasteiger partial charge in [0.2, 0.25) is 0 Å². The molecule has 0 aliphatic carbocycles. The van der Waals surface area contributed by atoms with Gasteiger partial charge in [-0.2, -0.15) is 0 Å². The van der Waals surface area contributed by atoms with Gasteiger partial charge in [0.1, 0.15) is 0 Å². The monoisotopic (exact) mass is 227 g/mol. The smallest absolute Gasteiger partial charge is 0.328 e. The Morgan fingerprint density at radius 2 is 1.94 bits per heavy atom. The highest BCUT2D eigenvalue weighted by atomic mass is 16.7. The number of carbonyl (C=O) groups excluding carboxylic acids is 1. The van der Waals surface area contributed by atoms with Crippen LogP contribution in [0.5, 0.6) is 0 Å². The van der Waals surface area contributed by atoms with E-state index in [1.54, 1.807) is 21.1 Å². The molecule has 0 aromatic carbocycles. The van der Waals surface area contributed by atoms with Crippen molar-refractivity contribution in [2.45, 2.75) is 19.8 Å². The number of rotatable bonds is 2. The molecule has 1 aliphatic heterocycles. The minimum Gasteiger partial charge on any atom is -0.368 e. The highest BCUT2D eigenvalue weighted by Crippen LogP contribution is 2.19. The Kier molecular flexibility index (Phi) is 4.73. The molecule has 0 aromatic rings. The number of hydroxylamine groups is 2. The van der Waals surface area contributed by atoms with Gasteiger partial charge < -0.3 is 9.74 Å². The van der Waals surface area contributed by atoms with E-state index in [1.807, 2.05) is 6.92 Å². The predicted molar refractivity (Wildman–Crippen MR) is 63.1 cm³/mol. The average molecular weight is 227 g/mol. The Hall–Kier alpha value is -1.10. The number of hydrogen-bond acceptors (Lipinski definition) is 4. The summed E-state index contributed by atoms with van der Waals surface area (Å²) < 4.78 is 0. The first-order chi connectivity index (χ1) is 7.54. The van der Waals surface area contributed by atoms with Crippen molar-refractivity contribution in [1.29, 1.82) is 0 Å². The van der Waals surface area contributed by atoms with Gasteiger partial charge in [0.15, 0.2) is 0 Å². The first-order valence-electron chi connectivity index (χ1n) is 5.62. The van der Waals surface area contributed by atoms with Crippen LogP contribution in [0.25, 0.3) is 0 Å². The van der Waals surface area contributed by atoms with Gasteiger partial charge in [0, 0.05) is 34.2 Å². The summed E-state index contributed by atoms with van der Waals surface area (Å²) >= 11 is 0. The van der Waals surface area contributed by atoms with E-state index in [0.29, 0.717) is 0 Å². The summed E-state index contributed by atoms with van der Waals surface area (Å²) in [6, 6.07) is 0. The third-order valence-corrected chi connectivity index (χ3v) is 2.88. The van der Waals surface area contributed by atoms with E-state index in [9.17, 15) is 4.79 Å². The Labute approximate surface area is 97.0 Å². The zero-order valence-corrected chi connectivity index (χ0v) is 10.6. The predicted octanol–water partition coefficient (Wildman–Crippen LogP) is 0.766. The molecule has 5 nitrogen and oxygen atoms in total. The molecule has 0 saturated carbocycles. The molecule has 0 aromatic heterocycles. The lowest BCUT2D eigenvalue weighted by molar-refractivity contribution is -0.184. The van der Waals surface area contributed by atoms with Crippen LogP contribution in [0, 0.1) is 5.92 Å². The van der Waals surface area contributed by atoms with Crippen molar-refractivity contribution in [3.05, 3.63) is 0 Å². The average Bonchev–Trinajstić information content (AvgIpc) is 2.27. The molecule has 92 valence electrons. The van der Waals surface area contributed by atoms with Crippen LogP contribution in [-0.4, -0.2) is 56.0 Å². The third-order valence-electron chi connectivity index (χ3n) is 2.88. The van der Waals surface area contributed by atoms with Crippen molar-refractivity contribution in [3.8, 4) is 0 Å². The molecule has 1 saturated heterocycles. The van der Waals surface area contributed by atoms with Gasteiger partial charge in [0.05, 0.1) is 11.8 Å². The molecular weight excluding hydrogens is 206 g/mol. The minimum atomic E-state index is -0.115. The third kappa shape index (κ3) is 3.48. The van der Waals surface area contributed by atoms with Crippen LogP contribution < -0.4 is 0 Å². The van der Waals surface area contributed by atoms with Crippen molar-refractivity contribution >= 4 is 11.8 Å². The van der Waals surface area contributed by atoms with Gasteiger partial charge in [-0.25, -0.2) is 0 Å². The zero-order chi connectivity index (χ0) is 12.1. The SMILES string of the molecule is CN=C(C)N1CCC(C(=O)ON(C)C)CC1.